The van der Waals surface area contributed by atoms with Gasteiger partial charge in [0.2, 0.25) is 0 Å². The zero-order valence-corrected chi connectivity index (χ0v) is 18.4. The second kappa shape index (κ2) is 10.1. The summed E-state index contributed by atoms with van der Waals surface area (Å²) in [6.45, 7) is 2.04. The van der Waals surface area contributed by atoms with Crippen molar-refractivity contribution in [2.24, 2.45) is 12.1 Å². The molecule has 0 amide bonds. The van der Waals surface area contributed by atoms with Gasteiger partial charge in [0.05, 0.1) is 25.6 Å². The summed E-state index contributed by atoms with van der Waals surface area (Å²) >= 11 is 0. The molecule has 0 N–H and O–H groups in total. The number of hydrogen-bond acceptors (Lipinski definition) is 3. The standard InChI is InChI=1S/C25H31N6/c1-28-23-14-8-9-15-24(23)31(18-11-4-3-10-17-30-19-16-26-21-30)25(28)20-27-29(2)22-12-6-5-7-13-22/h5-9,12-16,19-21H,3-4,10-11,17-18H2,1-2H3/q+1. The molecular weight excluding hydrogens is 384 g/mol. The molecule has 4 aromatic rings. The van der Waals surface area contributed by atoms with Crippen LogP contribution < -0.4 is 9.58 Å². The molecule has 2 heterocycles. The molecule has 0 atom stereocenters. The van der Waals surface area contributed by atoms with Crippen LogP contribution in [0.5, 0.6) is 0 Å². The molecule has 0 saturated heterocycles. The Bertz CT molecular complexity index is 1110. The molecular formula is C25H31N6+. The van der Waals surface area contributed by atoms with Crippen LogP contribution in [0.4, 0.5) is 5.69 Å². The van der Waals surface area contributed by atoms with E-state index in [1.54, 1.807) is 0 Å². The van der Waals surface area contributed by atoms with Crippen LogP contribution in [0, 0.1) is 0 Å². The Morgan fingerprint density at radius 1 is 0.968 bits per heavy atom. The van der Waals surface area contributed by atoms with Crippen molar-refractivity contribution in [2.45, 2.75) is 38.8 Å². The maximum absolute atomic E-state index is 4.73. The fourth-order valence-corrected chi connectivity index (χ4v) is 3.98. The molecule has 6 nitrogen and oxygen atoms in total. The smallest absolute Gasteiger partial charge is 0.302 e. The summed E-state index contributed by atoms with van der Waals surface area (Å²) in [6, 6.07) is 18.8. The molecule has 0 spiro atoms. The van der Waals surface area contributed by atoms with E-state index in [2.05, 4.69) is 62.1 Å². The van der Waals surface area contributed by atoms with E-state index in [0.717, 1.165) is 31.0 Å². The summed E-state index contributed by atoms with van der Waals surface area (Å²) in [4.78, 5) is 4.11. The number of nitrogens with zero attached hydrogens (tertiary/aromatic N) is 6. The predicted octanol–water partition coefficient (Wildman–Crippen LogP) is 4.39. The fourth-order valence-electron chi connectivity index (χ4n) is 3.98. The summed E-state index contributed by atoms with van der Waals surface area (Å²) in [5, 5.41) is 6.64. The quantitative estimate of drug-likeness (QED) is 0.167. The number of aromatic nitrogens is 4. The van der Waals surface area contributed by atoms with Crippen molar-refractivity contribution in [3.05, 3.63) is 79.1 Å². The lowest BCUT2D eigenvalue weighted by atomic mass is 10.2. The first kappa shape index (κ1) is 20.8. The highest BCUT2D eigenvalue weighted by Crippen LogP contribution is 2.16. The van der Waals surface area contributed by atoms with Gasteiger partial charge in [0.25, 0.3) is 0 Å². The van der Waals surface area contributed by atoms with E-state index in [-0.39, 0.29) is 0 Å². The van der Waals surface area contributed by atoms with E-state index >= 15 is 0 Å². The summed E-state index contributed by atoms with van der Waals surface area (Å²) < 4.78 is 6.78. The van der Waals surface area contributed by atoms with E-state index in [9.17, 15) is 0 Å². The number of benzene rings is 2. The third-order valence-corrected chi connectivity index (χ3v) is 5.74. The Balaban J connectivity index is 1.44. The van der Waals surface area contributed by atoms with E-state index < -0.39 is 0 Å². The van der Waals surface area contributed by atoms with Gasteiger partial charge in [0.15, 0.2) is 11.0 Å². The number of imidazole rings is 2. The molecule has 0 aliphatic rings. The number of unbranched alkanes of at least 4 members (excludes halogenated alkanes) is 3. The van der Waals surface area contributed by atoms with E-state index in [1.165, 1.54) is 30.3 Å². The number of anilines is 1. The van der Waals surface area contributed by atoms with Crippen LogP contribution in [-0.4, -0.2) is 27.4 Å². The van der Waals surface area contributed by atoms with Crippen LogP contribution in [0.2, 0.25) is 0 Å². The van der Waals surface area contributed by atoms with Crippen LogP contribution >= 0.6 is 0 Å². The molecule has 4 rings (SSSR count). The van der Waals surface area contributed by atoms with Gasteiger partial charge in [-0.3, -0.25) is 5.01 Å². The first-order valence-electron chi connectivity index (χ1n) is 11.0. The molecule has 2 aromatic heterocycles. The molecule has 0 fully saturated rings. The summed E-state index contributed by atoms with van der Waals surface area (Å²) in [5.41, 5.74) is 3.56. The van der Waals surface area contributed by atoms with Crippen LogP contribution in [0.1, 0.15) is 31.5 Å². The normalized spacial score (nSPS) is 11.5. The number of para-hydroxylation sites is 3. The monoisotopic (exact) mass is 415 g/mol. The highest BCUT2D eigenvalue weighted by Gasteiger charge is 2.20. The Morgan fingerprint density at radius 3 is 2.48 bits per heavy atom. The van der Waals surface area contributed by atoms with Gasteiger partial charge in [-0.05, 0) is 43.5 Å². The van der Waals surface area contributed by atoms with Gasteiger partial charge in [-0.15, -0.1) is 0 Å². The van der Waals surface area contributed by atoms with Crippen molar-refractivity contribution in [3.63, 3.8) is 0 Å². The van der Waals surface area contributed by atoms with Crippen LogP contribution in [0.25, 0.3) is 11.0 Å². The van der Waals surface area contributed by atoms with Crippen molar-refractivity contribution in [1.82, 2.24) is 14.1 Å². The lowest BCUT2D eigenvalue weighted by molar-refractivity contribution is -0.646. The summed E-state index contributed by atoms with van der Waals surface area (Å²) in [6.07, 6.45) is 12.5. The molecule has 0 saturated carbocycles. The molecule has 2 aromatic carbocycles. The Morgan fingerprint density at radius 2 is 1.71 bits per heavy atom. The summed E-state index contributed by atoms with van der Waals surface area (Å²) in [7, 11) is 4.10. The number of fused-ring (bicyclic) bond motifs is 1. The van der Waals surface area contributed by atoms with Crippen molar-refractivity contribution in [3.8, 4) is 0 Å². The van der Waals surface area contributed by atoms with Gasteiger partial charge in [0, 0.05) is 26.0 Å². The van der Waals surface area contributed by atoms with Crippen molar-refractivity contribution >= 4 is 22.9 Å². The van der Waals surface area contributed by atoms with E-state index in [0.29, 0.717) is 0 Å². The third-order valence-electron chi connectivity index (χ3n) is 5.74. The topological polar surface area (TPSA) is 42.2 Å². The van der Waals surface area contributed by atoms with Crippen molar-refractivity contribution in [1.29, 1.82) is 0 Å². The van der Waals surface area contributed by atoms with Crippen LogP contribution in [-0.2, 0) is 20.1 Å². The lowest BCUT2D eigenvalue weighted by Gasteiger charge is -2.11. The maximum Gasteiger partial charge on any atom is 0.302 e. The van der Waals surface area contributed by atoms with Gasteiger partial charge in [0.1, 0.15) is 6.21 Å². The highest BCUT2D eigenvalue weighted by atomic mass is 15.4. The maximum atomic E-state index is 4.73. The molecule has 0 radical (unpaired) electrons. The number of hydrazone groups is 1. The number of hydrogen-bond donors (Lipinski definition) is 0. The molecule has 160 valence electrons. The van der Waals surface area contributed by atoms with Gasteiger partial charge in [-0.2, -0.15) is 5.10 Å². The summed E-state index contributed by atoms with van der Waals surface area (Å²) in [5.74, 6) is 1.11. The van der Waals surface area contributed by atoms with Gasteiger partial charge < -0.3 is 4.57 Å². The predicted molar refractivity (Wildman–Crippen MR) is 126 cm³/mol. The molecule has 0 bridgehead atoms. The average Bonchev–Trinajstić information content (AvgIpc) is 3.42. The fraction of sp³-hybridized carbons (Fsp3) is 0.320. The molecule has 6 heteroatoms. The first-order chi connectivity index (χ1) is 15.2. The zero-order chi connectivity index (χ0) is 21.5. The minimum absolute atomic E-state index is 0.989. The van der Waals surface area contributed by atoms with Gasteiger partial charge in [-0.1, -0.05) is 36.8 Å². The van der Waals surface area contributed by atoms with Crippen molar-refractivity contribution in [2.75, 3.05) is 12.1 Å². The minimum atomic E-state index is 0.989. The average molecular weight is 416 g/mol. The zero-order valence-electron chi connectivity index (χ0n) is 18.4. The third kappa shape index (κ3) is 5.02. The molecule has 31 heavy (non-hydrogen) atoms. The molecule has 0 aliphatic carbocycles. The van der Waals surface area contributed by atoms with Gasteiger partial charge in [-0.25, -0.2) is 14.1 Å². The van der Waals surface area contributed by atoms with Crippen molar-refractivity contribution < 1.29 is 4.57 Å². The SMILES string of the molecule is CN(/N=C/c1n(CCCCCCn2ccnc2)c2ccccc2[n+]1C)c1ccccc1. The highest BCUT2D eigenvalue weighted by molar-refractivity contribution is 5.81. The van der Waals surface area contributed by atoms with Gasteiger partial charge >= 0.3 is 5.82 Å². The van der Waals surface area contributed by atoms with E-state index in [1.807, 2.05) is 55.2 Å². The second-order valence-corrected chi connectivity index (χ2v) is 7.88. The Kier molecular flexibility index (Phi) is 6.77. The number of aryl methyl sites for hydroxylation is 3. The largest absolute Gasteiger partial charge is 0.337 e. The van der Waals surface area contributed by atoms with Crippen LogP contribution in [0.15, 0.2) is 78.4 Å². The van der Waals surface area contributed by atoms with Crippen LogP contribution in [0.3, 0.4) is 0 Å². The minimum Gasteiger partial charge on any atom is -0.337 e. The van der Waals surface area contributed by atoms with E-state index in [4.69, 9.17) is 5.10 Å². The second-order valence-electron chi connectivity index (χ2n) is 7.88. The molecule has 0 aliphatic heterocycles. The Labute approximate surface area is 184 Å². The Hall–Kier alpha value is -3.41. The lowest BCUT2D eigenvalue weighted by Crippen LogP contribution is -2.33. The number of rotatable bonds is 10. The first-order valence-corrected chi connectivity index (χ1v) is 11.0. The molecule has 0 unspecified atom stereocenters.